The van der Waals surface area contributed by atoms with Gasteiger partial charge in [0.15, 0.2) is 0 Å². The van der Waals surface area contributed by atoms with Gasteiger partial charge in [-0.15, -0.1) is 0 Å². The van der Waals surface area contributed by atoms with Crippen LogP contribution in [0, 0.1) is 6.92 Å². The van der Waals surface area contributed by atoms with Gasteiger partial charge in [-0.2, -0.15) is 0 Å². The van der Waals surface area contributed by atoms with Crippen molar-refractivity contribution in [2.45, 2.75) is 6.92 Å². The Morgan fingerprint density at radius 3 is 2.55 bits per heavy atom. The number of carbonyl (C=O) groups is 1. The zero-order valence-electron chi connectivity index (χ0n) is 11.0. The lowest BCUT2D eigenvalue weighted by Gasteiger charge is -2.09. The second kappa shape index (κ2) is 6.41. The number of hydrogen-bond donors (Lipinski definition) is 1. The highest BCUT2D eigenvalue weighted by molar-refractivity contribution is 9.10. The Hall–Kier alpha value is -1.33. The predicted molar refractivity (Wildman–Crippen MR) is 87.5 cm³/mol. The summed E-state index contributed by atoms with van der Waals surface area (Å²) in [7, 11) is 1.59. The summed E-state index contributed by atoms with van der Waals surface area (Å²) >= 11 is 6.80. The molecule has 0 atom stereocenters. The minimum Gasteiger partial charge on any atom is -0.497 e. The van der Waals surface area contributed by atoms with E-state index in [2.05, 4.69) is 37.2 Å². The largest absolute Gasteiger partial charge is 0.497 e. The van der Waals surface area contributed by atoms with Crippen molar-refractivity contribution in [3.05, 3.63) is 56.5 Å². The van der Waals surface area contributed by atoms with Crippen LogP contribution >= 0.6 is 31.9 Å². The lowest BCUT2D eigenvalue weighted by molar-refractivity contribution is 0.102. The van der Waals surface area contributed by atoms with Crippen molar-refractivity contribution in [1.29, 1.82) is 0 Å². The van der Waals surface area contributed by atoms with Crippen molar-refractivity contribution < 1.29 is 9.53 Å². The molecule has 0 spiro atoms. The molecule has 1 amide bonds. The third-order valence-electron chi connectivity index (χ3n) is 2.79. The van der Waals surface area contributed by atoms with E-state index in [0.717, 1.165) is 14.5 Å². The second-order valence-electron chi connectivity index (χ2n) is 4.30. The summed E-state index contributed by atoms with van der Waals surface area (Å²) in [6.07, 6.45) is 0. The summed E-state index contributed by atoms with van der Waals surface area (Å²) in [4.78, 5) is 12.2. The summed E-state index contributed by atoms with van der Waals surface area (Å²) in [6, 6.07) is 10.9. The lowest BCUT2D eigenvalue weighted by atomic mass is 10.1. The van der Waals surface area contributed by atoms with Gasteiger partial charge in [0, 0.05) is 26.3 Å². The monoisotopic (exact) mass is 397 g/mol. The van der Waals surface area contributed by atoms with Gasteiger partial charge in [0.1, 0.15) is 5.75 Å². The van der Waals surface area contributed by atoms with Crippen LogP contribution in [0.15, 0.2) is 45.3 Å². The van der Waals surface area contributed by atoms with Crippen molar-refractivity contribution in [3.63, 3.8) is 0 Å². The normalized spacial score (nSPS) is 10.2. The van der Waals surface area contributed by atoms with Crippen LogP contribution in [0.3, 0.4) is 0 Å². The van der Waals surface area contributed by atoms with Crippen LogP contribution in [0.1, 0.15) is 15.9 Å². The summed E-state index contributed by atoms with van der Waals surface area (Å²) in [5, 5.41) is 2.86. The van der Waals surface area contributed by atoms with Gasteiger partial charge in [-0.1, -0.05) is 31.9 Å². The summed E-state index contributed by atoms with van der Waals surface area (Å²) in [5.74, 6) is 0.530. The van der Waals surface area contributed by atoms with Crippen LogP contribution in [-0.4, -0.2) is 13.0 Å². The lowest BCUT2D eigenvalue weighted by Crippen LogP contribution is -2.12. The Bertz CT molecular complexity index is 656. The highest BCUT2D eigenvalue weighted by Gasteiger charge is 2.09. The minimum absolute atomic E-state index is 0.152. The number of carbonyl (C=O) groups excluding carboxylic acids is 1. The molecular formula is C15H13Br2NO2. The molecule has 5 heteroatoms. The van der Waals surface area contributed by atoms with Crippen LogP contribution in [0.25, 0.3) is 0 Å². The van der Waals surface area contributed by atoms with Crippen LogP contribution in [-0.2, 0) is 0 Å². The molecule has 0 aliphatic rings. The molecule has 0 radical (unpaired) electrons. The molecule has 3 nitrogen and oxygen atoms in total. The third-order valence-corrected chi connectivity index (χ3v) is 4.13. The smallest absolute Gasteiger partial charge is 0.255 e. The maximum absolute atomic E-state index is 12.2. The number of amides is 1. The number of benzene rings is 2. The molecule has 0 fully saturated rings. The van der Waals surface area contributed by atoms with Gasteiger partial charge in [0.2, 0.25) is 0 Å². The molecule has 0 aliphatic carbocycles. The molecule has 0 saturated heterocycles. The van der Waals surface area contributed by atoms with Gasteiger partial charge in [0.25, 0.3) is 5.91 Å². The molecule has 2 rings (SSSR count). The number of aryl methyl sites for hydroxylation is 1. The quantitative estimate of drug-likeness (QED) is 0.807. The number of nitrogens with one attached hydrogen (secondary N) is 1. The fourth-order valence-electron chi connectivity index (χ4n) is 1.74. The number of ether oxygens (including phenoxy) is 1. The van der Waals surface area contributed by atoms with E-state index in [0.29, 0.717) is 17.0 Å². The number of anilines is 1. The molecule has 104 valence electrons. The number of halogens is 2. The highest BCUT2D eigenvalue weighted by Crippen LogP contribution is 2.25. The van der Waals surface area contributed by atoms with E-state index in [1.807, 2.05) is 31.2 Å². The third kappa shape index (κ3) is 3.61. The van der Waals surface area contributed by atoms with E-state index in [4.69, 9.17) is 4.74 Å². The van der Waals surface area contributed by atoms with Crippen molar-refractivity contribution in [2.24, 2.45) is 0 Å². The summed E-state index contributed by atoms with van der Waals surface area (Å²) < 4.78 is 7.00. The first-order valence-electron chi connectivity index (χ1n) is 5.91. The average molecular weight is 399 g/mol. The molecule has 0 heterocycles. The second-order valence-corrected chi connectivity index (χ2v) is 6.07. The molecule has 0 aromatic heterocycles. The fourth-order valence-corrected chi connectivity index (χ4v) is 2.46. The Balaban J connectivity index is 2.23. The Labute approximate surface area is 134 Å². The molecule has 2 aromatic rings. The van der Waals surface area contributed by atoms with Crippen LogP contribution < -0.4 is 10.1 Å². The number of hydrogen-bond acceptors (Lipinski definition) is 2. The van der Waals surface area contributed by atoms with Gasteiger partial charge in [-0.25, -0.2) is 0 Å². The summed E-state index contributed by atoms with van der Waals surface area (Å²) in [6.45, 7) is 1.95. The fraction of sp³-hybridized carbons (Fsp3) is 0.133. The van der Waals surface area contributed by atoms with Crippen LogP contribution in [0.5, 0.6) is 5.75 Å². The first-order valence-corrected chi connectivity index (χ1v) is 7.50. The zero-order valence-corrected chi connectivity index (χ0v) is 14.2. The first kappa shape index (κ1) is 15.1. The van der Waals surface area contributed by atoms with E-state index < -0.39 is 0 Å². The SMILES string of the molecule is COc1cc(Br)cc(NC(=O)c2ccc(Br)c(C)c2)c1. The van der Waals surface area contributed by atoms with Gasteiger partial charge >= 0.3 is 0 Å². The first-order chi connectivity index (χ1) is 9.49. The van der Waals surface area contributed by atoms with Gasteiger partial charge in [0.05, 0.1) is 7.11 Å². The van der Waals surface area contributed by atoms with E-state index in [1.165, 1.54) is 0 Å². The molecular weight excluding hydrogens is 386 g/mol. The van der Waals surface area contributed by atoms with Crippen molar-refractivity contribution in [1.82, 2.24) is 0 Å². The zero-order chi connectivity index (χ0) is 14.7. The van der Waals surface area contributed by atoms with Crippen molar-refractivity contribution >= 4 is 43.5 Å². The van der Waals surface area contributed by atoms with E-state index >= 15 is 0 Å². The standard InChI is InChI=1S/C15H13Br2NO2/c1-9-5-10(3-4-14(9)17)15(19)18-12-6-11(16)7-13(8-12)20-2/h3-8H,1-2H3,(H,18,19). The molecule has 2 aromatic carbocycles. The number of rotatable bonds is 3. The topological polar surface area (TPSA) is 38.3 Å². The number of methoxy groups -OCH3 is 1. The maximum Gasteiger partial charge on any atom is 0.255 e. The Morgan fingerprint density at radius 2 is 1.90 bits per heavy atom. The van der Waals surface area contributed by atoms with E-state index in [9.17, 15) is 4.79 Å². The molecule has 0 aliphatic heterocycles. The highest BCUT2D eigenvalue weighted by atomic mass is 79.9. The summed E-state index contributed by atoms with van der Waals surface area (Å²) in [5.41, 5.74) is 2.32. The van der Waals surface area contributed by atoms with E-state index in [-0.39, 0.29) is 5.91 Å². The van der Waals surface area contributed by atoms with Gasteiger partial charge in [-0.3, -0.25) is 4.79 Å². The van der Waals surface area contributed by atoms with Crippen molar-refractivity contribution in [3.8, 4) is 5.75 Å². The van der Waals surface area contributed by atoms with E-state index in [1.54, 1.807) is 19.2 Å². The van der Waals surface area contributed by atoms with Gasteiger partial charge in [-0.05, 0) is 42.8 Å². The predicted octanol–water partition coefficient (Wildman–Crippen LogP) is 4.78. The van der Waals surface area contributed by atoms with Crippen LogP contribution in [0.4, 0.5) is 5.69 Å². The van der Waals surface area contributed by atoms with Gasteiger partial charge < -0.3 is 10.1 Å². The average Bonchev–Trinajstić information content (AvgIpc) is 2.41. The molecule has 0 saturated carbocycles. The Kier molecular flexibility index (Phi) is 4.83. The molecule has 1 N–H and O–H groups in total. The van der Waals surface area contributed by atoms with Crippen LogP contribution in [0.2, 0.25) is 0 Å². The molecule has 0 bridgehead atoms. The minimum atomic E-state index is -0.152. The molecule has 0 unspecified atom stereocenters. The maximum atomic E-state index is 12.2. The Morgan fingerprint density at radius 1 is 1.15 bits per heavy atom. The van der Waals surface area contributed by atoms with Crippen molar-refractivity contribution in [2.75, 3.05) is 12.4 Å². The molecule has 20 heavy (non-hydrogen) atoms.